The molecule has 1 aromatic carbocycles. The van der Waals surface area contributed by atoms with Gasteiger partial charge in [0.05, 0.1) is 0 Å². The van der Waals surface area contributed by atoms with Gasteiger partial charge < -0.3 is 10.5 Å². The fraction of sp³-hybridized carbons (Fsp3) is 0.600. The summed E-state index contributed by atoms with van der Waals surface area (Å²) in [5.74, 6) is 0.585. The van der Waals surface area contributed by atoms with Gasteiger partial charge >= 0.3 is 0 Å². The van der Waals surface area contributed by atoms with Gasteiger partial charge in [0.15, 0.2) is 0 Å². The quantitative estimate of drug-likeness (QED) is 0.793. The zero-order chi connectivity index (χ0) is 12.1. The van der Waals surface area contributed by atoms with Crippen molar-refractivity contribution in [2.75, 3.05) is 13.2 Å². The second-order valence-electron chi connectivity index (χ2n) is 4.92. The molecule has 1 aliphatic rings. The van der Waals surface area contributed by atoms with Gasteiger partial charge in [-0.2, -0.15) is 0 Å². The number of hydrogen-bond donors (Lipinski definition) is 1. The van der Waals surface area contributed by atoms with Crippen molar-refractivity contribution in [1.29, 1.82) is 0 Å². The lowest BCUT2D eigenvalue weighted by atomic mass is 9.79. The Morgan fingerprint density at radius 1 is 1.29 bits per heavy atom. The highest BCUT2D eigenvalue weighted by atomic mass is 16.5. The predicted octanol–water partition coefficient (Wildman–Crippen LogP) is 3.07. The van der Waals surface area contributed by atoms with E-state index in [-0.39, 0.29) is 6.04 Å². The summed E-state index contributed by atoms with van der Waals surface area (Å²) in [4.78, 5) is 0. The predicted molar refractivity (Wildman–Crippen MR) is 70.9 cm³/mol. The molecular weight excluding hydrogens is 210 g/mol. The number of fused-ring (bicyclic) bond motifs is 1. The van der Waals surface area contributed by atoms with Crippen LogP contribution in [-0.4, -0.2) is 13.2 Å². The molecule has 94 valence electrons. The van der Waals surface area contributed by atoms with E-state index in [1.54, 1.807) is 0 Å². The third-order valence-electron chi connectivity index (χ3n) is 3.69. The number of aryl methyl sites for hydroxylation is 1. The average Bonchev–Trinajstić information content (AvgIpc) is 2.37. The van der Waals surface area contributed by atoms with E-state index in [4.69, 9.17) is 10.5 Å². The zero-order valence-corrected chi connectivity index (χ0v) is 10.7. The second kappa shape index (κ2) is 6.18. The molecule has 0 heterocycles. The minimum atomic E-state index is 0.199. The van der Waals surface area contributed by atoms with Gasteiger partial charge in [0.2, 0.25) is 0 Å². The van der Waals surface area contributed by atoms with Crippen LogP contribution in [0.1, 0.15) is 43.4 Å². The third kappa shape index (κ3) is 3.08. The monoisotopic (exact) mass is 233 g/mol. The van der Waals surface area contributed by atoms with Crippen LogP contribution in [0, 0.1) is 5.92 Å². The van der Waals surface area contributed by atoms with E-state index < -0.39 is 0 Å². The van der Waals surface area contributed by atoms with Crippen molar-refractivity contribution in [3.63, 3.8) is 0 Å². The van der Waals surface area contributed by atoms with E-state index in [0.717, 1.165) is 26.1 Å². The molecule has 0 aliphatic heterocycles. The lowest BCUT2D eigenvalue weighted by Crippen LogP contribution is -2.28. The molecular formula is C15H23NO. The molecule has 2 atom stereocenters. The van der Waals surface area contributed by atoms with Crippen LogP contribution in [0.5, 0.6) is 0 Å². The minimum Gasteiger partial charge on any atom is -0.381 e. The second-order valence-corrected chi connectivity index (χ2v) is 4.92. The van der Waals surface area contributed by atoms with Gasteiger partial charge in [-0.25, -0.2) is 0 Å². The van der Waals surface area contributed by atoms with Gasteiger partial charge in [0, 0.05) is 19.3 Å². The van der Waals surface area contributed by atoms with E-state index in [0.29, 0.717) is 5.92 Å². The molecule has 17 heavy (non-hydrogen) atoms. The van der Waals surface area contributed by atoms with Gasteiger partial charge in [-0.3, -0.25) is 0 Å². The van der Waals surface area contributed by atoms with Gasteiger partial charge in [-0.1, -0.05) is 31.2 Å². The molecule has 0 radical (unpaired) electrons. The fourth-order valence-corrected chi connectivity index (χ4v) is 2.67. The lowest BCUT2D eigenvalue weighted by molar-refractivity contribution is 0.114. The van der Waals surface area contributed by atoms with Gasteiger partial charge in [0.25, 0.3) is 0 Å². The van der Waals surface area contributed by atoms with Gasteiger partial charge in [-0.15, -0.1) is 0 Å². The summed E-state index contributed by atoms with van der Waals surface area (Å²) >= 11 is 0. The van der Waals surface area contributed by atoms with Crippen molar-refractivity contribution in [3.8, 4) is 0 Å². The van der Waals surface area contributed by atoms with Crippen LogP contribution in [0.3, 0.4) is 0 Å². The number of rotatable bonds is 5. The molecule has 0 saturated heterocycles. The molecule has 2 rings (SSSR count). The van der Waals surface area contributed by atoms with E-state index in [1.165, 1.54) is 24.0 Å². The maximum Gasteiger partial charge on any atom is 0.0469 e. The number of ether oxygens (including phenoxy) is 1. The Kier molecular flexibility index (Phi) is 4.57. The highest BCUT2D eigenvalue weighted by molar-refractivity contribution is 5.32. The summed E-state index contributed by atoms with van der Waals surface area (Å²) in [6.45, 7) is 3.87. The van der Waals surface area contributed by atoms with Crippen LogP contribution >= 0.6 is 0 Å². The van der Waals surface area contributed by atoms with E-state index in [1.807, 2.05) is 0 Å². The molecule has 2 heteroatoms. The molecule has 2 unspecified atom stereocenters. The van der Waals surface area contributed by atoms with Crippen LogP contribution in [0.2, 0.25) is 0 Å². The largest absolute Gasteiger partial charge is 0.381 e. The van der Waals surface area contributed by atoms with Crippen LogP contribution in [0.25, 0.3) is 0 Å². The molecule has 2 N–H and O–H groups in total. The SMILES string of the molecule is CCCOCCC1CCc2ccccc2C1N. The summed E-state index contributed by atoms with van der Waals surface area (Å²) in [6.07, 6.45) is 4.56. The Labute approximate surface area is 104 Å². The molecule has 0 amide bonds. The first-order valence-corrected chi connectivity index (χ1v) is 6.74. The molecule has 1 aromatic rings. The summed E-state index contributed by atoms with van der Waals surface area (Å²) in [5, 5.41) is 0. The van der Waals surface area contributed by atoms with Crippen molar-refractivity contribution >= 4 is 0 Å². The molecule has 0 fully saturated rings. The van der Waals surface area contributed by atoms with Crippen LogP contribution < -0.4 is 5.73 Å². The maximum atomic E-state index is 6.35. The zero-order valence-electron chi connectivity index (χ0n) is 10.7. The fourth-order valence-electron chi connectivity index (χ4n) is 2.67. The molecule has 0 spiro atoms. The third-order valence-corrected chi connectivity index (χ3v) is 3.69. The topological polar surface area (TPSA) is 35.2 Å². The first-order valence-electron chi connectivity index (χ1n) is 6.74. The standard InChI is InChI=1S/C15H23NO/c1-2-10-17-11-9-13-8-7-12-5-3-4-6-14(12)15(13)16/h3-6,13,15H,2,7-11,16H2,1H3. The maximum absolute atomic E-state index is 6.35. The number of nitrogens with two attached hydrogens (primary N) is 1. The highest BCUT2D eigenvalue weighted by Crippen LogP contribution is 2.34. The smallest absolute Gasteiger partial charge is 0.0469 e. The minimum absolute atomic E-state index is 0.199. The van der Waals surface area contributed by atoms with Gasteiger partial charge in [-0.05, 0) is 42.7 Å². The molecule has 0 bridgehead atoms. The Balaban J connectivity index is 1.90. The lowest BCUT2D eigenvalue weighted by Gasteiger charge is -2.31. The summed E-state index contributed by atoms with van der Waals surface area (Å²) < 4.78 is 5.57. The van der Waals surface area contributed by atoms with E-state index in [2.05, 4.69) is 31.2 Å². The molecule has 2 nitrogen and oxygen atoms in total. The van der Waals surface area contributed by atoms with Crippen molar-refractivity contribution in [2.24, 2.45) is 11.7 Å². The average molecular weight is 233 g/mol. The van der Waals surface area contributed by atoms with Crippen molar-refractivity contribution in [2.45, 2.75) is 38.6 Å². The summed E-state index contributed by atoms with van der Waals surface area (Å²) in [5.41, 5.74) is 9.13. The van der Waals surface area contributed by atoms with Gasteiger partial charge in [0.1, 0.15) is 0 Å². The first kappa shape index (κ1) is 12.6. The van der Waals surface area contributed by atoms with E-state index >= 15 is 0 Å². The summed E-state index contributed by atoms with van der Waals surface area (Å²) in [6, 6.07) is 8.79. The Hall–Kier alpha value is -0.860. The van der Waals surface area contributed by atoms with Crippen LogP contribution in [0.4, 0.5) is 0 Å². The van der Waals surface area contributed by atoms with Crippen molar-refractivity contribution in [1.82, 2.24) is 0 Å². The molecule has 1 aliphatic carbocycles. The number of hydrogen-bond acceptors (Lipinski definition) is 2. The highest BCUT2D eigenvalue weighted by Gasteiger charge is 2.25. The normalized spacial score (nSPS) is 23.4. The Bertz CT molecular complexity index is 351. The van der Waals surface area contributed by atoms with E-state index in [9.17, 15) is 0 Å². The Morgan fingerprint density at radius 2 is 2.12 bits per heavy atom. The first-order chi connectivity index (χ1) is 8.33. The number of benzene rings is 1. The van der Waals surface area contributed by atoms with Crippen LogP contribution in [0.15, 0.2) is 24.3 Å². The van der Waals surface area contributed by atoms with Crippen LogP contribution in [-0.2, 0) is 11.2 Å². The Morgan fingerprint density at radius 3 is 2.94 bits per heavy atom. The molecule has 0 aromatic heterocycles. The molecule has 0 saturated carbocycles. The van der Waals surface area contributed by atoms with Crippen molar-refractivity contribution < 1.29 is 4.74 Å². The van der Waals surface area contributed by atoms with Crippen molar-refractivity contribution in [3.05, 3.63) is 35.4 Å². The summed E-state index contributed by atoms with van der Waals surface area (Å²) in [7, 11) is 0.